The van der Waals surface area contributed by atoms with Gasteiger partial charge in [0.15, 0.2) is 0 Å². The van der Waals surface area contributed by atoms with E-state index in [1.54, 1.807) is 31.2 Å². The van der Waals surface area contributed by atoms with Gasteiger partial charge in [0.25, 0.3) is 0 Å². The van der Waals surface area contributed by atoms with Crippen molar-refractivity contribution in [3.63, 3.8) is 0 Å². The highest BCUT2D eigenvalue weighted by Crippen LogP contribution is 2.47. The molecule has 1 aliphatic rings. The summed E-state index contributed by atoms with van der Waals surface area (Å²) in [5.74, 6) is -0.377. The first kappa shape index (κ1) is 10.0. The smallest absolute Gasteiger partial charge is 0.314 e. The van der Waals surface area contributed by atoms with Crippen LogP contribution in [-0.2, 0) is 10.2 Å². The molecule has 1 aromatic rings. The predicted molar refractivity (Wildman–Crippen MR) is 55.8 cm³/mol. The molecule has 2 rings (SSSR count). The first-order valence-corrected chi connectivity index (χ1v) is 5.08. The Bertz CT molecular complexity index is 378. The summed E-state index contributed by atoms with van der Waals surface area (Å²) >= 11 is 0. The van der Waals surface area contributed by atoms with Gasteiger partial charge in [-0.2, -0.15) is 0 Å². The molecule has 2 N–H and O–H groups in total. The lowest BCUT2D eigenvalue weighted by atomic mass is 9.78. The summed E-state index contributed by atoms with van der Waals surface area (Å²) in [5, 5.41) is 18.5. The number of aliphatic carboxylic acids is 1. The Labute approximate surface area is 88.4 Å². The molecule has 1 atom stereocenters. The van der Waals surface area contributed by atoms with E-state index in [0.29, 0.717) is 0 Å². The second kappa shape index (κ2) is 3.26. The molecule has 0 spiro atoms. The van der Waals surface area contributed by atoms with Crippen molar-refractivity contribution in [1.82, 2.24) is 0 Å². The van der Waals surface area contributed by atoms with Gasteiger partial charge >= 0.3 is 5.97 Å². The average molecular weight is 206 g/mol. The van der Waals surface area contributed by atoms with Gasteiger partial charge in [0.1, 0.15) is 5.75 Å². The summed E-state index contributed by atoms with van der Waals surface area (Å²) < 4.78 is 0. The highest BCUT2D eigenvalue weighted by molar-refractivity contribution is 5.81. The number of hydrogen-bond acceptors (Lipinski definition) is 2. The lowest BCUT2D eigenvalue weighted by Gasteiger charge is -2.25. The van der Waals surface area contributed by atoms with Gasteiger partial charge < -0.3 is 10.2 Å². The molecule has 0 aliphatic heterocycles. The van der Waals surface area contributed by atoms with Crippen LogP contribution in [0.25, 0.3) is 0 Å². The minimum absolute atomic E-state index is 0.169. The molecule has 0 saturated heterocycles. The highest BCUT2D eigenvalue weighted by Gasteiger charge is 2.48. The molecule has 3 nitrogen and oxygen atoms in total. The van der Waals surface area contributed by atoms with Crippen LogP contribution in [0.1, 0.15) is 25.3 Å². The normalized spacial score (nSPS) is 19.5. The second-order valence-corrected chi connectivity index (χ2v) is 4.33. The second-order valence-electron chi connectivity index (χ2n) is 4.33. The average Bonchev–Trinajstić information content (AvgIpc) is 3.00. The highest BCUT2D eigenvalue weighted by atomic mass is 16.4. The SMILES string of the molecule is CC(C(=O)O)(c1ccc(O)cc1)C1CC1. The van der Waals surface area contributed by atoms with Crippen molar-refractivity contribution in [2.24, 2.45) is 5.92 Å². The number of hydrogen-bond donors (Lipinski definition) is 2. The fraction of sp³-hybridized carbons (Fsp3) is 0.417. The van der Waals surface area contributed by atoms with Crippen LogP contribution in [0.3, 0.4) is 0 Å². The first-order chi connectivity index (χ1) is 7.05. The van der Waals surface area contributed by atoms with Crippen LogP contribution in [0.15, 0.2) is 24.3 Å². The van der Waals surface area contributed by atoms with E-state index < -0.39 is 11.4 Å². The lowest BCUT2D eigenvalue weighted by Crippen LogP contribution is -2.34. The maximum Gasteiger partial charge on any atom is 0.314 e. The third-order valence-corrected chi connectivity index (χ3v) is 3.31. The minimum Gasteiger partial charge on any atom is -0.508 e. The van der Waals surface area contributed by atoms with E-state index in [4.69, 9.17) is 5.11 Å². The van der Waals surface area contributed by atoms with Gasteiger partial charge in [0, 0.05) is 0 Å². The zero-order valence-electron chi connectivity index (χ0n) is 8.60. The topological polar surface area (TPSA) is 57.5 Å². The Balaban J connectivity index is 2.40. The molecule has 80 valence electrons. The third-order valence-electron chi connectivity index (χ3n) is 3.31. The van der Waals surface area contributed by atoms with E-state index in [2.05, 4.69) is 0 Å². The number of rotatable bonds is 3. The van der Waals surface area contributed by atoms with Crippen molar-refractivity contribution in [2.75, 3.05) is 0 Å². The van der Waals surface area contributed by atoms with Crippen molar-refractivity contribution < 1.29 is 15.0 Å². The number of benzene rings is 1. The summed E-state index contributed by atoms with van der Waals surface area (Å²) in [5.41, 5.74) is -0.0245. The lowest BCUT2D eigenvalue weighted by molar-refractivity contribution is -0.144. The molecule has 0 amide bonds. The number of aromatic hydroxyl groups is 1. The maximum absolute atomic E-state index is 11.3. The van der Waals surface area contributed by atoms with Crippen molar-refractivity contribution in [3.05, 3.63) is 29.8 Å². The first-order valence-electron chi connectivity index (χ1n) is 5.08. The van der Waals surface area contributed by atoms with E-state index in [1.165, 1.54) is 0 Å². The molecule has 3 heteroatoms. The van der Waals surface area contributed by atoms with Gasteiger partial charge in [0.2, 0.25) is 0 Å². The van der Waals surface area contributed by atoms with E-state index in [0.717, 1.165) is 18.4 Å². The van der Waals surface area contributed by atoms with Crippen LogP contribution in [0.4, 0.5) is 0 Å². The fourth-order valence-electron chi connectivity index (χ4n) is 2.00. The largest absolute Gasteiger partial charge is 0.508 e. The number of phenolic OH excluding ortho intramolecular Hbond substituents is 1. The molecule has 1 fully saturated rings. The molecule has 1 unspecified atom stereocenters. The van der Waals surface area contributed by atoms with E-state index in [-0.39, 0.29) is 11.7 Å². The molecule has 0 aromatic heterocycles. The van der Waals surface area contributed by atoms with Crippen LogP contribution in [0.2, 0.25) is 0 Å². The summed E-state index contributed by atoms with van der Waals surface area (Å²) in [6.45, 7) is 1.76. The summed E-state index contributed by atoms with van der Waals surface area (Å²) in [6.07, 6.45) is 1.95. The van der Waals surface area contributed by atoms with Gasteiger partial charge in [-0.1, -0.05) is 12.1 Å². The standard InChI is InChI=1S/C12H14O3/c1-12(11(14)15,8-2-3-8)9-4-6-10(13)7-5-9/h4-8,13H,2-3H2,1H3,(H,14,15). The monoisotopic (exact) mass is 206 g/mol. The van der Waals surface area contributed by atoms with Crippen molar-refractivity contribution >= 4 is 5.97 Å². The predicted octanol–water partition coefficient (Wildman–Crippen LogP) is 2.14. The Hall–Kier alpha value is -1.51. The molecule has 15 heavy (non-hydrogen) atoms. The van der Waals surface area contributed by atoms with Crippen molar-refractivity contribution in [1.29, 1.82) is 0 Å². The summed E-state index contributed by atoms with van der Waals surface area (Å²) in [6, 6.07) is 6.47. The fourth-order valence-corrected chi connectivity index (χ4v) is 2.00. The van der Waals surface area contributed by atoms with Gasteiger partial charge in [-0.3, -0.25) is 4.79 Å². The molecule has 1 aliphatic carbocycles. The Morgan fingerprint density at radius 2 is 1.87 bits per heavy atom. The maximum atomic E-state index is 11.3. The van der Waals surface area contributed by atoms with Crippen LogP contribution in [0, 0.1) is 5.92 Å². The number of carboxylic acid groups (broad SMARTS) is 1. The van der Waals surface area contributed by atoms with Gasteiger partial charge in [-0.15, -0.1) is 0 Å². The van der Waals surface area contributed by atoms with Crippen LogP contribution in [-0.4, -0.2) is 16.2 Å². The van der Waals surface area contributed by atoms with Crippen LogP contribution >= 0.6 is 0 Å². The Morgan fingerprint density at radius 1 is 1.33 bits per heavy atom. The number of phenols is 1. The zero-order valence-corrected chi connectivity index (χ0v) is 8.60. The van der Waals surface area contributed by atoms with Crippen LogP contribution < -0.4 is 0 Å². The van der Waals surface area contributed by atoms with E-state index in [1.807, 2.05) is 0 Å². The number of carboxylic acids is 1. The van der Waals surface area contributed by atoms with Crippen molar-refractivity contribution in [2.45, 2.75) is 25.2 Å². The van der Waals surface area contributed by atoms with Crippen LogP contribution in [0.5, 0.6) is 5.75 Å². The third kappa shape index (κ3) is 1.58. The van der Waals surface area contributed by atoms with Crippen molar-refractivity contribution in [3.8, 4) is 5.75 Å². The van der Waals surface area contributed by atoms with E-state index in [9.17, 15) is 9.90 Å². The van der Waals surface area contributed by atoms with Gasteiger partial charge in [-0.05, 0) is 43.4 Å². The Kier molecular flexibility index (Phi) is 2.18. The molecule has 0 bridgehead atoms. The summed E-state index contributed by atoms with van der Waals surface area (Å²) in [4.78, 5) is 11.3. The molecular formula is C12H14O3. The molecule has 0 radical (unpaired) electrons. The molecular weight excluding hydrogens is 192 g/mol. The molecule has 0 heterocycles. The summed E-state index contributed by atoms with van der Waals surface area (Å²) in [7, 11) is 0. The number of carbonyl (C=O) groups is 1. The molecule has 1 aromatic carbocycles. The minimum atomic E-state index is -0.798. The Morgan fingerprint density at radius 3 is 2.27 bits per heavy atom. The van der Waals surface area contributed by atoms with Gasteiger partial charge in [0.05, 0.1) is 5.41 Å². The van der Waals surface area contributed by atoms with E-state index >= 15 is 0 Å². The molecule has 1 saturated carbocycles. The van der Waals surface area contributed by atoms with Gasteiger partial charge in [-0.25, -0.2) is 0 Å². The zero-order chi connectivity index (χ0) is 11.1. The quantitative estimate of drug-likeness (QED) is 0.796.